The Morgan fingerprint density at radius 3 is 2.22 bits per heavy atom. The molecule has 27 heavy (non-hydrogen) atoms. The number of rotatable bonds is 6. The molecule has 1 aliphatic heterocycles. The van der Waals surface area contributed by atoms with Gasteiger partial charge in [-0.15, -0.1) is 0 Å². The van der Waals surface area contributed by atoms with Crippen molar-refractivity contribution in [3.05, 3.63) is 24.3 Å². The molecule has 1 aromatic carbocycles. The minimum absolute atomic E-state index is 0.00761. The summed E-state index contributed by atoms with van der Waals surface area (Å²) in [5, 5.41) is 5.72. The standard InChI is InChI=1S/C18H28N4O4S/c1-4-14(2)19-17(23)13-21-9-11-22(12-10-21)18(24)20-15-5-7-16(8-6-15)27(3,25)26/h5-8,14H,4,9-13H2,1-3H3,(H,19,23)(H,20,24). The topological polar surface area (TPSA) is 98.8 Å². The van der Waals surface area contributed by atoms with Crippen molar-refractivity contribution in [3.63, 3.8) is 0 Å². The van der Waals surface area contributed by atoms with Crippen LogP contribution in [0.1, 0.15) is 20.3 Å². The zero-order valence-electron chi connectivity index (χ0n) is 16.1. The zero-order chi connectivity index (χ0) is 20.0. The Morgan fingerprint density at radius 2 is 1.70 bits per heavy atom. The van der Waals surface area contributed by atoms with E-state index < -0.39 is 9.84 Å². The van der Waals surface area contributed by atoms with Crippen LogP contribution in [0.5, 0.6) is 0 Å². The molecule has 1 atom stereocenters. The highest BCUT2D eigenvalue weighted by Crippen LogP contribution is 2.15. The molecule has 0 radical (unpaired) electrons. The Labute approximate surface area is 160 Å². The number of anilines is 1. The van der Waals surface area contributed by atoms with Crippen molar-refractivity contribution in [2.45, 2.75) is 31.2 Å². The summed E-state index contributed by atoms with van der Waals surface area (Å²) in [5.74, 6) is 0.00761. The molecule has 0 saturated carbocycles. The van der Waals surface area contributed by atoms with E-state index in [2.05, 4.69) is 10.6 Å². The summed E-state index contributed by atoms with van der Waals surface area (Å²) < 4.78 is 22.9. The van der Waals surface area contributed by atoms with E-state index >= 15 is 0 Å². The second kappa shape index (κ2) is 9.18. The van der Waals surface area contributed by atoms with Crippen LogP contribution in [0.4, 0.5) is 10.5 Å². The number of carbonyl (C=O) groups excluding carboxylic acids is 2. The molecule has 1 aliphatic rings. The molecular weight excluding hydrogens is 368 g/mol. The maximum absolute atomic E-state index is 12.4. The van der Waals surface area contributed by atoms with Gasteiger partial charge in [0.1, 0.15) is 0 Å². The number of benzene rings is 1. The maximum atomic E-state index is 12.4. The number of nitrogens with zero attached hydrogens (tertiary/aromatic N) is 2. The summed E-state index contributed by atoms with van der Waals surface area (Å²) in [6.07, 6.45) is 2.04. The third kappa shape index (κ3) is 6.51. The largest absolute Gasteiger partial charge is 0.353 e. The van der Waals surface area contributed by atoms with Gasteiger partial charge < -0.3 is 15.5 Å². The van der Waals surface area contributed by atoms with Gasteiger partial charge in [-0.2, -0.15) is 0 Å². The van der Waals surface area contributed by atoms with Crippen molar-refractivity contribution in [2.24, 2.45) is 0 Å². The minimum atomic E-state index is -3.26. The summed E-state index contributed by atoms with van der Waals surface area (Å²) in [5.41, 5.74) is 0.544. The molecule has 2 rings (SSSR count). The van der Waals surface area contributed by atoms with Crippen molar-refractivity contribution in [1.82, 2.24) is 15.1 Å². The monoisotopic (exact) mass is 396 g/mol. The fourth-order valence-electron chi connectivity index (χ4n) is 2.72. The van der Waals surface area contributed by atoms with Gasteiger partial charge in [-0.3, -0.25) is 9.69 Å². The summed E-state index contributed by atoms with van der Waals surface area (Å²) in [6, 6.07) is 6.02. The van der Waals surface area contributed by atoms with Crippen LogP contribution in [0, 0.1) is 0 Å². The average Bonchev–Trinajstić information content (AvgIpc) is 2.61. The third-order valence-electron chi connectivity index (χ3n) is 4.58. The van der Waals surface area contributed by atoms with Gasteiger partial charge in [0.25, 0.3) is 0 Å². The van der Waals surface area contributed by atoms with Crippen molar-refractivity contribution in [1.29, 1.82) is 0 Å². The fourth-order valence-corrected chi connectivity index (χ4v) is 3.35. The lowest BCUT2D eigenvalue weighted by atomic mass is 10.2. The minimum Gasteiger partial charge on any atom is -0.353 e. The Balaban J connectivity index is 1.80. The molecule has 1 saturated heterocycles. The van der Waals surface area contributed by atoms with Crippen LogP contribution in [-0.2, 0) is 14.6 Å². The fraction of sp³-hybridized carbons (Fsp3) is 0.556. The van der Waals surface area contributed by atoms with E-state index in [1.165, 1.54) is 12.1 Å². The molecule has 2 N–H and O–H groups in total. The van der Waals surface area contributed by atoms with Gasteiger partial charge in [0.2, 0.25) is 5.91 Å². The predicted molar refractivity (Wildman–Crippen MR) is 104 cm³/mol. The van der Waals surface area contributed by atoms with Gasteiger partial charge in [-0.25, -0.2) is 13.2 Å². The first-order valence-corrected chi connectivity index (χ1v) is 11.0. The van der Waals surface area contributed by atoms with E-state index in [0.29, 0.717) is 38.4 Å². The highest BCUT2D eigenvalue weighted by Gasteiger charge is 2.22. The zero-order valence-corrected chi connectivity index (χ0v) is 16.9. The Kier molecular flexibility index (Phi) is 7.20. The Hall–Kier alpha value is -2.13. The quantitative estimate of drug-likeness (QED) is 0.752. The molecule has 1 unspecified atom stereocenters. The Bertz CT molecular complexity index is 756. The van der Waals surface area contributed by atoms with Gasteiger partial charge >= 0.3 is 6.03 Å². The Morgan fingerprint density at radius 1 is 1.11 bits per heavy atom. The first kappa shape index (κ1) is 21.2. The first-order valence-electron chi connectivity index (χ1n) is 9.07. The number of amides is 3. The van der Waals surface area contributed by atoms with Crippen LogP contribution in [0.25, 0.3) is 0 Å². The van der Waals surface area contributed by atoms with Crippen LogP contribution >= 0.6 is 0 Å². The highest BCUT2D eigenvalue weighted by atomic mass is 32.2. The predicted octanol–water partition coefficient (Wildman–Crippen LogP) is 1.15. The lowest BCUT2D eigenvalue weighted by molar-refractivity contribution is -0.123. The molecule has 3 amide bonds. The van der Waals surface area contributed by atoms with Gasteiger partial charge in [0, 0.05) is 44.2 Å². The number of sulfone groups is 1. The molecule has 0 bridgehead atoms. The van der Waals surface area contributed by atoms with Crippen molar-refractivity contribution in [2.75, 3.05) is 44.3 Å². The molecule has 0 aromatic heterocycles. The second-order valence-electron chi connectivity index (χ2n) is 6.87. The van der Waals surface area contributed by atoms with Crippen molar-refractivity contribution >= 4 is 27.5 Å². The van der Waals surface area contributed by atoms with Crippen LogP contribution < -0.4 is 10.6 Å². The smallest absolute Gasteiger partial charge is 0.321 e. The molecule has 1 aromatic rings. The van der Waals surface area contributed by atoms with Crippen molar-refractivity contribution < 1.29 is 18.0 Å². The van der Waals surface area contributed by atoms with E-state index in [1.54, 1.807) is 17.0 Å². The molecule has 1 heterocycles. The number of piperazine rings is 1. The van der Waals surface area contributed by atoms with E-state index in [4.69, 9.17) is 0 Å². The summed E-state index contributed by atoms with van der Waals surface area (Å²) >= 11 is 0. The van der Waals surface area contributed by atoms with E-state index in [1.807, 2.05) is 18.7 Å². The molecule has 0 spiro atoms. The molecule has 1 fully saturated rings. The normalized spacial score (nSPS) is 16.6. The maximum Gasteiger partial charge on any atom is 0.321 e. The molecular formula is C18H28N4O4S. The van der Waals surface area contributed by atoms with E-state index in [-0.39, 0.29) is 22.9 Å². The van der Waals surface area contributed by atoms with E-state index in [9.17, 15) is 18.0 Å². The van der Waals surface area contributed by atoms with E-state index in [0.717, 1.165) is 12.7 Å². The summed E-state index contributed by atoms with van der Waals surface area (Å²) in [7, 11) is -3.26. The number of hydrogen-bond acceptors (Lipinski definition) is 5. The van der Waals surface area contributed by atoms with Crippen LogP contribution in [-0.4, -0.2) is 75.2 Å². The van der Waals surface area contributed by atoms with Gasteiger partial charge in [-0.05, 0) is 37.6 Å². The summed E-state index contributed by atoms with van der Waals surface area (Å²) in [4.78, 5) is 28.2. The number of hydrogen-bond donors (Lipinski definition) is 2. The van der Waals surface area contributed by atoms with Gasteiger partial charge in [-0.1, -0.05) is 6.92 Å². The lowest BCUT2D eigenvalue weighted by Gasteiger charge is -2.34. The van der Waals surface area contributed by atoms with Gasteiger partial charge in [0.15, 0.2) is 9.84 Å². The second-order valence-corrected chi connectivity index (χ2v) is 8.88. The molecule has 150 valence electrons. The lowest BCUT2D eigenvalue weighted by Crippen LogP contribution is -2.52. The third-order valence-corrected chi connectivity index (χ3v) is 5.71. The van der Waals surface area contributed by atoms with Gasteiger partial charge in [0.05, 0.1) is 11.4 Å². The molecule has 0 aliphatic carbocycles. The average molecular weight is 397 g/mol. The van der Waals surface area contributed by atoms with Crippen molar-refractivity contribution in [3.8, 4) is 0 Å². The number of nitrogens with one attached hydrogen (secondary N) is 2. The SMILES string of the molecule is CCC(C)NC(=O)CN1CCN(C(=O)Nc2ccc(S(C)(=O)=O)cc2)CC1. The molecule has 8 nitrogen and oxygen atoms in total. The molecule has 9 heteroatoms. The van der Waals surface area contributed by atoms with Crippen LogP contribution in [0.2, 0.25) is 0 Å². The summed E-state index contributed by atoms with van der Waals surface area (Å²) in [6.45, 7) is 6.67. The van der Waals surface area contributed by atoms with Crippen LogP contribution in [0.3, 0.4) is 0 Å². The van der Waals surface area contributed by atoms with Crippen LogP contribution in [0.15, 0.2) is 29.2 Å². The number of urea groups is 1. The number of carbonyl (C=O) groups is 2. The highest BCUT2D eigenvalue weighted by molar-refractivity contribution is 7.90. The first-order chi connectivity index (χ1) is 12.7.